The third-order valence-corrected chi connectivity index (χ3v) is 4.85. The molecule has 1 fully saturated rings. The number of hydrogen-bond donors (Lipinski definition) is 1. The molecule has 1 N–H and O–H groups in total. The zero-order valence-corrected chi connectivity index (χ0v) is 16.6. The Balaban J connectivity index is 1.69. The molecule has 0 aliphatic carbocycles. The number of amides is 2. The average molecular weight is 388 g/mol. The minimum Gasteiger partial charge on any atom is -0.444 e. The average Bonchev–Trinajstić information content (AvgIpc) is 3.09. The number of pyridine rings is 1. The molecule has 1 atom stereocenters. The van der Waals surface area contributed by atoms with Crippen LogP contribution in [0.25, 0.3) is 11.4 Å². The molecule has 3 rings (SSSR count). The van der Waals surface area contributed by atoms with Crippen LogP contribution in [0.2, 0.25) is 0 Å². The molecule has 0 bridgehead atoms. The number of carbonyl (C=O) groups excluding carboxylic acids is 2. The van der Waals surface area contributed by atoms with Crippen molar-refractivity contribution in [2.45, 2.75) is 51.7 Å². The summed E-state index contributed by atoms with van der Waals surface area (Å²) in [4.78, 5) is 35.5. The van der Waals surface area contributed by atoms with Crippen molar-refractivity contribution in [1.29, 1.82) is 0 Å². The molecule has 1 aliphatic rings. The summed E-state index contributed by atoms with van der Waals surface area (Å²) < 4.78 is 5.46. The molecule has 2 aromatic heterocycles. The topological polar surface area (TPSA) is 84.4 Å². The second-order valence-corrected chi connectivity index (χ2v) is 8.29. The second-order valence-electron chi connectivity index (χ2n) is 7.43. The minimum atomic E-state index is -0.595. The molecule has 144 valence electrons. The Morgan fingerprint density at radius 2 is 2.07 bits per heavy atom. The zero-order valence-electron chi connectivity index (χ0n) is 15.8. The number of aromatic nitrogens is 2. The highest BCUT2D eigenvalue weighted by Gasteiger charge is 2.35. The van der Waals surface area contributed by atoms with Crippen molar-refractivity contribution in [3.05, 3.63) is 29.8 Å². The van der Waals surface area contributed by atoms with Gasteiger partial charge in [-0.3, -0.25) is 14.7 Å². The molecule has 1 unspecified atom stereocenters. The summed E-state index contributed by atoms with van der Waals surface area (Å²) >= 11 is 1.34. The maximum atomic E-state index is 12.8. The normalized spacial score (nSPS) is 17.4. The van der Waals surface area contributed by atoms with Crippen molar-refractivity contribution >= 4 is 28.5 Å². The summed E-state index contributed by atoms with van der Waals surface area (Å²) in [5.41, 5.74) is 0.869. The van der Waals surface area contributed by atoms with Crippen molar-refractivity contribution < 1.29 is 14.3 Å². The monoisotopic (exact) mass is 388 g/mol. The highest BCUT2D eigenvalue weighted by molar-refractivity contribution is 7.14. The van der Waals surface area contributed by atoms with E-state index in [-0.39, 0.29) is 5.91 Å². The molecule has 0 aromatic carbocycles. The lowest BCUT2D eigenvalue weighted by Crippen LogP contribution is -2.51. The van der Waals surface area contributed by atoms with Crippen molar-refractivity contribution in [1.82, 2.24) is 14.9 Å². The van der Waals surface area contributed by atoms with E-state index in [1.807, 2.05) is 44.4 Å². The van der Waals surface area contributed by atoms with Crippen LogP contribution in [-0.2, 0) is 9.53 Å². The Morgan fingerprint density at radius 1 is 1.26 bits per heavy atom. The third kappa shape index (κ3) is 5.03. The summed E-state index contributed by atoms with van der Waals surface area (Å²) in [6, 6.07) is 5.05. The highest BCUT2D eigenvalue weighted by atomic mass is 32.1. The molecular formula is C19H24N4O3S. The Hall–Kier alpha value is -2.48. The first-order valence-electron chi connectivity index (χ1n) is 9.01. The Labute approximate surface area is 162 Å². The van der Waals surface area contributed by atoms with Crippen LogP contribution in [0.15, 0.2) is 29.8 Å². The quantitative estimate of drug-likeness (QED) is 0.861. The fourth-order valence-corrected chi connectivity index (χ4v) is 3.60. The number of thiazole rings is 1. The highest BCUT2D eigenvalue weighted by Crippen LogP contribution is 2.25. The summed E-state index contributed by atoms with van der Waals surface area (Å²) in [7, 11) is 0. The van der Waals surface area contributed by atoms with Crippen LogP contribution in [0.1, 0.15) is 40.0 Å². The van der Waals surface area contributed by atoms with Gasteiger partial charge in [0.1, 0.15) is 17.3 Å². The first kappa shape index (κ1) is 19.3. The molecule has 0 radical (unpaired) electrons. The smallest absolute Gasteiger partial charge is 0.410 e. The largest absolute Gasteiger partial charge is 0.444 e. The number of likely N-dealkylation sites (tertiary alicyclic amines) is 1. The van der Waals surface area contributed by atoms with Gasteiger partial charge >= 0.3 is 6.09 Å². The van der Waals surface area contributed by atoms with E-state index in [9.17, 15) is 9.59 Å². The van der Waals surface area contributed by atoms with Gasteiger partial charge in [-0.1, -0.05) is 6.07 Å². The summed E-state index contributed by atoms with van der Waals surface area (Å²) in [5, 5.41) is 5.19. The van der Waals surface area contributed by atoms with Gasteiger partial charge in [0.15, 0.2) is 5.13 Å². The predicted molar refractivity (Wildman–Crippen MR) is 105 cm³/mol. The van der Waals surface area contributed by atoms with Gasteiger partial charge in [-0.2, -0.15) is 0 Å². The number of hydrogen-bond acceptors (Lipinski definition) is 6. The third-order valence-electron chi connectivity index (χ3n) is 4.10. The molecule has 1 saturated heterocycles. The predicted octanol–water partition coefficient (Wildman–Crippen LogP) is 3.93. The van der Waals surface area contributed by atoms with Crippen LogP contribution in [0.3, 0.4) is 0 Å². The molecule has 2 amide bonds. The van der Waals surface area contributed by atoms with Gasteiger partial charge in [-0.05, 0) is 52.2 Å². The van der Waals surface area contributed by atoms with Gasteiger partial charge in [0.25, 0.3) is 0 Å². The van der Waals surface area contributed by atoms with E-state index < -0.39 is 17.7 Å². The van der Waals surface area contributed by atoms with Crippen molar-refractivity contribution in [2.24, 2.45) is 0 Å². The van der Waals surface area contributed by atoms with Gasteiger partial charge in [0.05, 0.1) is 5.69 Å². The maximum absolute atomic E-state index is 12.8. The van der Waals surface area contributed by atoms with E-state index >= 15 is 0 Å². The Morgan fingerprint density at radius 3 is 2.78 bits per heavy atom. The van der Waals surface area contributed by atoms with Crippen LogP contribution < -0.4 is 5.32 Å². The van der Waals surface area contributed by atoms with E-state index in [1.165, 1.54) is 16.2 Å². The van der Waals surface area contributed by atoms with Gasteiger partial charge in [0, 0.05) is 18.1 Å². The van der Waals surface area contributed by atoms with Crippen LogP contribution in [0, 0.1) is 0 Å². The summed E-state index contributed by atoms with van der Waals surface area (Å²) in [5.74, 6) is -0.234. The van der Waals surface area contributed by atoms with Crippen molar-refractivity contribution in [3.63, 3.8) is 0 Å². The fraction of sp³-hybridized carbons (Fsp3) is 0.474. The molecule has 0 spiro atoms. The molecule has 1 aliphatic heterocycles. The summed E-state index contributed by atoms with van der Waals surface area (Å²) in [6.07, 6.45) is 3.63. The summed E-state index contributed by atoms with van der Waals surface area (Å²) in [6.45, 7) is 5.97. The first-order chi connectivity index (χ1) is 12.8. The number of nitrogens with zero attached hydrogens (tertiary/aromatic N) is 3. The Kier molecular flexibility index (Phi) is 5.74. The van der Waals surface area contributed by atoms with E-state index in [2.05, 4.69) is 15.3 Å². The van der Waals surface area contributed by atoms with Gasteiger partial charge in [-0.15, -0.1) is 11.3 Å². The number of rotatable bonds is 3. The number of piperidine rings is 1. The SMILES string of the molecule is CC(C)(C)OC(=O)N1CCCCC1C(=O)Nc1nc(-c2ccccn2)cs1. The Bertz CT molecular complexity index is 801. The molecular weight excluding hydrogens is 364 g/mol. The van der Waals surface area contributed by atoms with Gasteiger partial charge < -0.3 is 10.1 Å². The van der Waals surface area contributed by atoms with Gasteiger partial charge in [-0.25, -0.2) is 9.78 Å². The number of ether oxygens (including phenoxy) is 1. The van der Waals surface area contributed by atoms with Gasteiger partial charge in [0.2, 0.25) is 5.91 Å². The molecule has 2 aromatic rings. The lowest BCUT2D eigenvalue weighted by atomic mass is 10.0. The zero-order chi connectivity index (χ0) is 19.4. The molecule has 8 heteroatoms. The second kappa shape index (κ2) is 8.04. The van der Waals surface area contributed by atoms with E-state index in [0.717, 1.165) is 18.5 Å². The number of anilines is 1. The number of carbonyl (C=O) groups is 2. The van der Waals surface area contributed by atoms with Crippen LogP contribution in [-0.4, -0.2) is 45.1 Å². The minimum absolute atomic E-state index is 0.234. The van der Waals surface area contributed by atoms with Crippen molar-refractivity contribution in [3.8, 4) is 11.4 Å². The molecule has 3 heterocycles. The first-order valence-corrected chi connectivity index (χ1v) is 9.89. The lowest BCUT2D eigenvalue weighted by molar-refractivity contribution is -0.122. The fourth-order valence-electron chi connectivity index (χ4n) is 2.89. The van der Waals surface area contributed by atoms with Crippen molar-refractivity contribution in [2.75, 3.05) is 11.9 Å². The van der Waals surface area contributed by atoms with E-state index in [4.69, 9.17) is 4.74 Å². The van der Waals surface area contributed by atoms with E-state index in [1.54, 1.807) is 6.20 Å². The van der Waals surface area contributed by atoms with Crippen LogP contribution in [0.5, 0.6) is 0 Å². The standard InChI is InChI=1S/C19H24N4O3S/c1-19(2,3)26-18(25)23-11-7-5-9-15(23)16(24)22-17-21-14(12-27-17)13-8-4-6-10-20-13/h4,6,8,10,12,15H,5,7,9,11H2,1-3H3,(H,21,22,24). The lowest BCUT2D eigenvalue weighted by Gasteiger charge is -2.35. The molecule has 27 heavy (non-hydrogen) atoms. The maximum Gasteiger partial charge on any atom is 0.410 e. The molecule has 7 nitrogen and oxygen atoms in total. The van der Waals surface area contributed by atoms with Crippen LogP contribution >= 0.6 is 11.3 Å². The van der Waals surface area contributed by atoms with E-state index in [0.29, 0.717) is 23.8 Å². The number of nitrogens with one attached hydrogen (secondary N) is 1. The molecule has 0 saturated carbocycles. The van der Waals surface area contributed by atoms with Crippen LogP contribution in [0.4, 0.5) is 9.93 Å².